The molecule has 38 heavy (non-hydrogen) atoms. The first-order valence-electron chi connectivity index (χ1n) is 13.0. The van der Waals surface area contributed by atoms with Crippen LogP contribution in [0.3, 0.4) is 0 Å². The van der Waals surface area contributed by atoms with Gasteiger partial charge in [0.25, 0.3) is 0 Å². The molecule has 1 fully saturated rings. The Kier molecular flexibility index (Phi) is 8.58. The van der Waals surface area contributed by atoms with Crippen molar-refractivity contribution in [2.24, 2.45) is 0 Å². The summed E-state index contributed by atoms with van der Waals surface area (Å²) in [5.41, 5.74) is 0.930. The lowest BCUT2D eigenvalue weighted by molar-refractivity contribution is -0.144. The number of nitriles is 1. The second-order valence-electron chi connectivity index (χ2n) is 10.4. The molecule has 0 N–H and O–H groups in total. The Hall–Kier alpha value is -3.57. The number of hydrogen-bond donors (Lipinski definition) is 0. The zero-order valence-corrected chi connectivity index (χ0v) is 23.2. The third kappa shape index (κ3) is 6.84. The van der Waals surface area contributed by atoms with Crippen LogP contribution < -0.4 is 4.74 Å². The standard InChI is InChI=1S/C30H34N2O5S/c1-5-35-28(33)26(17-25-16-22-15-20(18-31)8-13-27(22)38-25)21-9-11-24(12-10-21)36-19-23-7-6-14-32(23)29(34)37-30(2,3)4/h8-13,15-16,23,26H,5-7,14,17,19H2,1-4H3/t23-,26?/m0/s1. The topological polar surface area (TPSA) is 88.9 Å². The van der Waals surface area contributed by atoms with E-state index in [9.17, 15) is 14.9 Å². The zero-order valence-electron chi connectivity index (χ0n) is 22.4. The molecule has 8 heteroatoms. The van der Waals surface area contributed by atoms with Crippen molar-refractivity contribution >= 4 is 33.5 Å². The number of rotatable bonds is 8. The van der Waals surface area contributed by atoms with E-state index in [1.165, 1.54) is 0 Å². The van der Waals surface area contributed by atoms with Gasteiger partial charge >= 0.3 is 12.1 Å². The van der Waals surface area contributed by atoms with Crippen molar-refractivity contribution in [2.45, 2.75) is 64.5 Å². The van der Waals surface area contributed by atoms with Gasteiger partial charge in [0.05, 0.1) is 30.2 Å². The molecule has 0 radical (unpaired) electrons. The number of likely N-dealkylation sites (tertiary alicyclic amines) is 1. The minimum atomic E-state index is -0.536. The van der Waals surface area contributed by atoms with E-state index in [4.69, 9.17) is 14.2 Å². The fraction of sp³-hybridized carbons (Fsp3) is 0.433. The Labute approximate surface area is 227 Å². The van der Waals surface area contributed by atoms with Crippen LogP contribution in [0.4, 0.5) is 4.79 Å². The molecular formula is C30H34N2O5S. The summed E-state index contributed by atoms with van der Waals surface area (Å²) in [5.74, 6) is -0.0430. The van der Waals surface area contributed by atoms with Crippen molar-refractivity contribution in [1.82, 2.24) is 4.90 Å². The summed E-state index contributed by atoms with van der Waals surface area (Å²) in [6.45, 7) is 8.75. The number of nitrogens with zero attached hydrogens (tertiary/aromatic N) is 2. The first kappa shape index (κ1) is 27.5. The quantitative estimate of drug-likeness (QED) is 0.309. The van der Waals surface area contributed by atoms with Gasteiger partial charge in [-0.05, 0) is 94.3 Å². The minimum Gasteiger partial charge on any atom is -0.491 e. The van der Waals surface area contributed by atoms with E-state index >= 15 is 0 Å². The summed E-state index contributed by atoms with van der Waals surface area (Å²) in [4.78, 5) is 28.3. The molecule has 0 aliphatic carbocycles. The van der Waals surface area contributed by atoms with Gasteiger partial charge in [0.1, 0.15) is 18.0 Å². The second kappa shape index (κ2) is 11.9. The Morgan fingerprint density at radius 2 is 1.92 bits per heavy atom. The average molecular weight is 535 g/mol. The van der Waals surface area contributed by atoms with Crippen molar-refractivity contribution in [3.05, 3.63) is 64.5 Å². The number of thiophene rings is 1. The van der Waals surface area contributed by atoms with Gasteiger partial charge in [-0.3, -0.25) is 4.79 Å². The maximum atomic E-state index is 12.9. The van der Waals surface area contributed by atoms with Crippen LogP contribution in [0.2, 0.25) is 0 Å². The predicted octanol–water partition coefficient (Wildman–Crippen LogP) is 6.44. The largest absolute Gasteiger partial charge is 0.491 e. The normalized spacial score (nSPS) is 16.2. The lowest BCUT2D eigenvalue weighted by atomic mass is 9.94. The summed E-state index contributed by atoms with van der Waals surface area (Å²) in [5, 5.41) is 10.2. The molecule has 0 spiro atoms. The van der Waals surface area contributed by atoms with Gasteiger partial charge in [-0.2, -0.15) is 5.26 Å². The summed E-state index contributed by atoms with van der Waals surface area (Å²) >= 11 is 1.62. The van der Waals surface area contributed by atoms with Gasteiger partial charge in [-0.15, -0.1) is 11.3 Å². The lowest BCUT2D eigenvalue weighted by Gasteiger charge is -2.28. The number of amides is 1. The van der Waals surface area contributed by atoms with Gasteiger partial charge in [0.2, 0.25) is 0 Å². The molecule has 1 saturated heterocycles. The summed E-state index contributed by atoms with van der Waals surface area (Å²) in [6, 6.07) is 17.3. The third-order valence-electron chi connectivity index (χ3n) is 6.40. The van der Waals surface area contributed by atoms with E-state index in [2.05, 4.69) is 6.07 Å². The maximum Gasteiger partial charge on any atom is 0.410 e. The molecule has 1 aliphatic rings. The molecule has 0 saturated carbocycles. The molecule has 7 nitrogen and oxygen atoms in total. The van der Waals surface area contributed by atoms with Crippen LogP contribution in [0.15, 0.2) is 48.5 Å². The van der Waals surface area contributed by atoms with Crippen LogP contribution in [0.1, 0.15) is 62.5 Å². The number of hydrogen-bond acceptors (Lipinski definition) is 7. The molecule has 4 rings (SSSR count). The van der Waals surface area contributed by atoms with Gasteiger partial charge in [-0.1, -0.05) is 12.1 Å². The van der Waals surface area contributed by atoms with E-state index in [0.29, 0.717) is 37.5 Å². The highest BCUT2D eigenvalue weighted by Crippen LogP contribution is 2.32. The Morgan fingerprint density at radius 3 is 2.61 bits per heavy atom. The second-order valence-corrected chi connectivity index (χ2v) is 11.6. The molecule has 1 aromatic heterocycles. The van der Waals surface area contributed by atoms with Crippen molar-refractivity contribution in [1.29, 1.82) is 5.26 Å². The van der Waals surface area contributed by atoms with Crippen LogP contribution in [0.25, 0.3) is 10.1 Å². The Balaban J connectivity index is 1.44. The maximum absolute atomic E-state index is 12.9. The number of benzene rings is 2. The fourth-order valence-corrected chi connectivity index (χ4v) is 5.70. The first-order valence-corrected chi connectivity index (χ1v) is 13.8. The van der Waals surface area contributed by atoms with Gasteiger partial charge in [0.15, 0.2) is 0 Å². The van der Waals surface area contributed by atoms with E-state index < -0.39 is 11.5 Å². The van der Waals surface area contributed by atoms with E-state index in [-0.39, 0.29) is 18.1 Å². The summed E-state index contributed by atoms with van der Waals surface area (Å²) < 4.78 is 18.1. The average Bonchev–Trinajstić information content (AvgIpc) is 3.51. The monoisotopic (exact) mass is 534 g/mol. The number of fused-ring (bicyclic) bond motifs is 1. The van der Waals surface area contributed by atoms with Crippen LogP contribution >= 0.6 is 11.3 Å². The third-order valence-corrected chi connectivity index (χ3v) is 7.54. The zero-order chi connectivity index (χ0) is 27.3. The molecule has 1 unspecified atom stereocenters. The fourth-order valence-electron chi connectivity index (χ4n) is 4.61. The SMILES string of the molecule is CCOC(=O)C(Cc1cc2cc(C#N)ccc2s1)c1ccc(OC[C@@H]2CCCN2C(=O)OC(C)(C)C)cc1. The minimum absolute atomic E-state index is 0.0358. The van der Waals surface area contributed by atoms with Crippen LogP contribution in [-0.2, 0) is 20.7 Å². The number of esters is 1. The molecule has 0 bridgehead atoms. The van der Waals surface area contributed by atoms with Crippen LogP contribution in [0, 0.1) is 11.3 Å². The lowest BCUT2D eigenvalue weighted by Crippen LogP contribution is -2.42. The number of ether oxygens (including phenoxy) is 3. The molecule has 1 aliphatic heterocycles. The molecule has 2 heterocycles. The van der Waals surface area contributed by atoms with Crippen LogP contribution in [-0.4, -0.2) is 48.4 Å². The van der Waals surface area contributed by atoms with Gasteiger partial charge in [-0.25, -0.2) is 4.79 Å². The summed E-state index contributed by atoms with van der Waals surface area (Å²) in [6.07, 6.45) is 1.99. The van der Waals surface area contributed by atoms with E-state index in [0.717, 1.165) is 33.4 Å². The van der Waals surface area contributed by atoms with Gasteiger partial charge in [0, 0.05) is 16.1 Å². The smallest absolute Gasteiger partial charge is 0.410 e. The van der Waals surface area contributed by atoms with Crippen LogP contribution in [0.5, 0.6) is 5.75 Å². The molecule has 200 valence electrons. The molecule has 2 atom stereocenters. The van der Waals surface area contributed by atoms with E-state index in [1.807, 2.05) is 69.3 Å². The molecular weight excluding hydrogens is 500 g/mol. The first-order chi connectivity index (χ1) is 18.2. The van der Waals surface area contributed by atoms with Crippen molar-refractivity contribution in [3.8, 4) is 11.8 Å². The number of carbonyl (C=O) groups is 2. The number of carbonyl (C=O) groups excluding carboxylic acids is 2. The Bertz CT molecular complexity index is 1320. The molecule has 2 aromatic carbocycles. The van der Waals surface area contributed by atoms with Gasteiger partial charge < -0.3 is 19.1 Å². The van der Waals surface area contributed by atoms with Crippen molar-refractivity contribution < 1.29 is 23.8 Å². The predicted molar refractivity (Wildman–Crippen MR) is 148 cm³/mol. The molecule has 3 aromatic rings. The highest BCUT2D eigenvalue weighted by Gasteiger charge is 2.32. The highest BCUT2D eigenvalue weighted by atomic mass is 32.1. The van der Waals surface area contributed by atoms with E-state index in [1.54, 1.807) is 23.2 Å². The van der Waals surface area contributed by atoms with Crippen molar-refractivity contribution in [3.63, 3.8) is 0 Å². The Morgan fingerprint density at radius 1 is 1.16 bits per heavy atom. The summed E-state index contributed by atoms with van der Waals surface area (Å²) in [7, 11) is 0. The highest BCUT2D eigenvalue weighted by molar-refractivity contribution is 7.19. The molecule has 1 amide bonds. The van der Waals surface area contributed by atoms with Crippen molar-refractivity contribution in [2.75, 3.05) is 19.8 Å².